The summed E-state index contributed by atoms with van der Waals surface area (Å²) in [5, 5.41) is 2.91. The molecule has 0 atom stereocenters. The number of amides is 1. The molecule has 5 heteroatoms. The van der Waals surface area contributed by atoms with Gasteiger partial charge in [0.2, 0.25) is 6.79 Å². The fraction of sp³-hybridized carbons (Fsp3) is 0.267. The van der Waals surface area contributed by atoms with Crippen LogP contribution in [-0.2, 0) is 13.5 Å². The molecule has 1 N–H and O–H groups in total. The molecule has 1 aliphatic rings. The van der Waals surface area contributed by atoms with Crippen LogP contribution in [-0.4, -0.2) is 23.8 Å². The zero-order chi connectivity index (χ0) is 13.9. The van der Waals surface area contributed by atoms with Crippen LogP contribution in [0.5, 0.6) is 11.5 Å². The van der Waals surface area contributed by atoms with Gasteiger partial charge in [0.1, 0.15) is 5.69 Å². The molecule has 20 heavy (non-hydrogen) atoms. The average molecular weight is 272 g/mol. The first-order valence-electron chi connectivity index (χ1n) is 6.52. The molecule has 0 saturated heterocycles. The molecule has 0 saturated carbocycles. The maximum atomic E-state index is 11.9. The smallest absolute Gasteiger partial charge is 0.267 e. The summed E-state index contributed by atoms with van der Waals surface area (Å²) in [4.78, 5) is 11.9. The van der Waals surface area contributed by atoms with Gasteiger partial charge in [0, 0.05) is 19.8 Å². The Morgan fingerprint density at radius 2 is 2.15 bits per heavy atom. The lowest BCUT2D eigenvalue weighted by atomic mass is 10.1. The lowest BCUT2D eigenvalue weighted by Crippen LogP contribution is -2.27. The summed E-state index contributed by atoms with van der Waals surface area (Å²) in [6.45, 7) is 0.868. The Morgan fingerprint density at radius 1 is 1.30 bits per heavy atom. The van der Waals surface area contributed by atoms with Gasteiger partial charge in [-0.15, -0.1) is 0 Å². The molecule has 0 radical (unpaired) electrons. The van der Waals surface area contributed by atoms with Crippen molar-refractivity contribution >= 4 is 5.91 Å². The topological polar surface area (TPSA) is 52.5 Å². The molecule has 5 nitrogen and oxygen atoms in total. The van der Waals surface area contributed by atoms with Crippen molar-refractivity contribution in [3.63, 3.8) is 0 Å². The number of nitrogens with one attached hydrogen (secondary N) is 1. The Balaban J connectivity index is 1.55. The normalized spacial score (nSPS) is 12.4. The van der Waals surface area contributed by atoms with Gasteiger partial charge >= 0.3 is 0 Å². The second-order valence-corrected chi connectivity index (χ2v) is 4.70. The molecule has 0 unspecified atom stereocenters. The number of ether oxygens (including phenoxy) is 2. The van der Waals surface area contributed by atoms with Gasteiger partial charge in [0.25, 0.3) is 5.91 Å². The lowest BCUT2D eigenvalue weighted by Gasteiger charge is -2.07. The monoisotopic (exact) mass is 272 g/mol. The Hall–Kier alpha value is -2.43. The van der Waals surface area contributed by atoms with Gasteiger partial charge in [-0.3, -0.25) is 4.79 Å². The quantitative estimate of drug-likeness (QED) is 0.922. The van der Waals surface area contributed by atoms with Crippen molar-refractivity contribution in [2.75, 3.05) is 13.3 Å². The van der Waals surface area contributed by atoms with Crippen molar-refractivity contribution in [2.45, 2.75) is 6.42 Å². The molecule has 1 aromatic heterocycles. The maximum absolute atomic E-state index is 11.9. The van der Waals surface area contributed by atoms with E-state index < -0.39 is 0 Å². The van der Waals surface area contributed by atoms with Crippen molar-refractivity contribution in [2.24, 2.45) is 7.05 Å². The average Bonchev–Trinajstić information content (AvgIpc) is 3.06. The fourth-order valence-electron chi connectivity index (χ4n) is 2.20. The van der Waals surface area contributed by atoms with Gasteiger partial charge in [-0.2, -0.15) is 0 Å². The van der Waals surface area contributed by atoms with E-state index in [-0.39, 0.29) is 12.7 Å². The first-order valence-corrected chi connectivity index (χ1v) is 6.52. The zero-order valence-corrected chi connectivity index (χ0v) is 11.3. The fourth-order valence-corrected chi connectivity index (χ4v) is 2.20. The van der Waals surface area contributed by atoms with E-state index in [1.54, 1.807) is 10.6 Å². The van der Waals surface area contributed by atoms with Crippen LogP contribution >= 0.6 is 0 Å². The van der Waals surface area contributed by atoms with E-state index in [1.165, 1.54) is 0 Å². The molecule has 0 bridgehead atoms. The first-order chi connectivity index (χ1) is 9.74. The van der Waals surface area contributed by atoms with Crippen molar-refractivity contribution in [1.82, 2.24) is 9.88 Å². The molecular formula is C15H16N2O3. The molecule has 1 amide bonds. The Morgan fingerprint density at radius 3 is 2.95 bits per heavy atom. The molecule has 104 valence electrons. The van der Waals surface area contributed by atoms with Crippen LogP contribution in [0, 0.1) is 0 Å². The molecule has 2 aromatic rings. The number of benzene rings is 1. The van der Waals surface area contributed by atoms with Gasteiger partial charge in [-0.25, -0.2) is 0 Å². The molecule has 0 spiro atoms. The number of carbonyl (C=O) groups is 1. The second kappa shape index (κ2) is 5.28. The van der Waals surface area contributed by atoms with Crippen LogP contribution in [0.2, 0.25) is 0 Å². The van der Waals surface area contributed by atoms with E-state index in [9.17, 15) is 4.79 Å². The first kappa shape index (κ1) is 12.6. The number of fused-ring (bicyclic) bond motifs is 1. The summed E-state index contributed by atoms with van der Waals surface area (Å²) in [5.41, 5.74) is 1.78. The van der Waals surface area contributed by atoms with Gasteiger partial charge in [-0.1, -0.05) is 6.07 Å². The van der Waals surface area contributed by atoms with Gasteiger partial charge in [-0.05, 0) is 36.2 Å². The highest BCUT2D eigenvalue weighted by molar-refractivity contribution is 5.92. The molecule has 0 fully saturated rings. The summed E-state index contributed by atoms with van der Waals surface area (Å²) < 4.78 is 12.4. The van der Waals surface area contributed by atoms with Crippen LogP contribution in [0.25, 0.3) is 0 Å². The third-order valence-corrected chi connectivity index (χ3v) is 3.31. The summed E-state index contributed by atoms with van der Waals surface area (Å²) in [7, 11) is 1.85. The minimum atomic E-state index is -0.0572. The third kappa shape index (κ3) is 2.47. The molecule has 0 aliphatic carbocycles. The number of rotatable bonds is 4. The number of hydrogen-bond acceptors (Lipinski definition) is 3. The molecule has 1 aliphatic heterocycles. The van der Waals surface area contributed by atoms with Crippen molar-refractivity contribution < 1.29 is 14.3 Å². The third-order valence-electron chi connectivity index (χ3n) is 3.31. The molecule has 1 aromatic carbocycles. The number of carbonyl (C=O) groups excluding carboxylic acids is 1. The summed E-state index contributed by atoms with van der Waals surface area (Å²) in [6, 6.07) is 9.50. The SMILES string of the molecule is Cn1cccc1C(=O)NCCc1ccc2c(c1)OCO2. The minimum absolute atomic E-state index is 0.0572. The number of nitrogens with zero attached hydrogens (tertiary/aromatic N) is 1. The lowest BCUT2D eigenvalue weighted by molar-refractivity contribution is 0.0946. The van der Waals surface area contributed by atoms with E-state index in [2.05, 4.69) is 5.32 Å². The van der Waals surface area contributed by atoms with Crippen LogP contribution in [0.4, 0.5) is 0 Å². The predicted octanol–water partition coefficient (Wildman–Crippen LogP) is 1.73. The minimum Gasteiger partial charge on any atom is -0.454 e. The standard InChI is InChI=1S/C15H16N2O3/c1-17-8-2-3-12(17)15(18)16-7-6-11-4-5-13-14(9-11)20-10-19-13/h2-5,8-9H,6-7,10H2,1H3,(H,16,18). The van der Waals surface area contributed by atoms with Gasteiger partial charge < -0.3 is 19.4 Å². The van der Waals surface area contributed by atoms with E-state index in [0.29, 0.717) is 12.2 Å². The Bertz CT molecular complexity index is 634. The van der Waals surface area contributed by atoms with Crippen LogP contribution in [0.15, 0.2) is 36.5 Å². The van der Waals surface area contributed by atoms with Crippen LogP contribution < -0.4 is 14.8 Å². The largest absolute Gasteiger partial charge is 0.454 e. The van der Waals surface area contributed by atoms with Crippen molar-refractivity contribution in [1.29, 1.82) is 0 Å². The molecule has 2 heterocycles. The summed E-state index contributed by atoms with van der Waals surface area (Å²) in [5.74, 6) is 1.50. The number of hydrogen-bond donors (Lipinski definition) is 1. The van der Waals surface area contributed by atoms with Crippen LogP contribution in [0.1, 0.15) is 16.1 Å². The summed E-state index contributed by atoms with van der Waals surface area (Å²) in [6.07, 6.45) is 2.61. The molecular weight excluding hydrogens is 256 g/mol. The van der Waals surface area contributed by atoms with Crippen LogP contribution in [0.3, 0.4) is 0 Å². The number of aryl methyl sites for hydroxylation is 1. The van der Waals surface area contributed by atoms with Crippen molar-refractivity contribution in [3.8, 4) is 11.5 Å². The van der Waals surface area contributed by atoms with E-state index in [4.69, 9.17) is 9.47 Å². The van der Waals surface area contributed by atoms with E-state index >= 15 is 0 Å². The van der Waals surface area contributed by atoms with E-state index in [0.717, 1.165) is 23.5 Å². The predicted molar refractivity (Wildman–Crippen MR) is 74.0 cm³/mol. The van der Waals surface area contributed by atoms with E-state index in [1.807, 2.05) is 37.5 Å². The van der Waals surface area contributed by atoms with Gasteiger partial charge in [0.15, 0.2) is 11.5 Å². The summed E-state index contributed by atoms with van der Waals surface area (Å²) >= 11 is 0. The maximum Gasteiger partial charge on any atom is 0.267 e. The second-order valence-electron chi connectivity index (χ2n) is 4.70. The highest BCUT2D eigenvalue weighted by Gasteiger charge is 2.13. The highest BCUT2D eigenvalue weighted by atomic mass is 16.7. The molecule has 3 rings (SSSR count). The number of aromatic nitrogens is 1. The Labute approximate surface area is 117 Å². The highest BCUT2D eigenvalue weighted by Crippen LogP contribution is 2.32. The Kier molecular flexibility index (Phi) is 3.33. The van der Waals surface area contributed by atoms with Gasteiger partial charge in [0.05, 0.1) is 0 Å². The van der Waals surface area contributed by atoms with Crippen molar-refractivity contribution in [3.05, 3.63) is 47.8 Å². The zero-order valence-electron chi connectivity index (χ0n) is 11.3.